The maximum absolute atomic E-state index is 13.2. The van der Waals surface area contributed by atoms with E-state index in [1.807, 2.05) is 22.7 Å². The first-order valence-corrected chi connectivity index (χ1v) is 10.7. The Kier molecular flexibility index (Phi) is 5.81. The van der Waals surface area contributed by atoms with Crippen LogP contribution in [0.3, 0.4) is 0 Å². The molecule has 4 rings (SSSR count). The van der Waals surface area contributed by atoms with Gasteiger partial charge in [-0.05, 0) is 30.3 Å². The van der Waals surface area contributed by atoms with Crippen LogP contribution in [-0.4, -0.2) is 55.5 Å². The van der Waals surface area contributed by atoms with Gasteiger partial charge in [0.1, 0.15) is 0 Å². The van der Waals surface area contributed by atoms with E-state index >= 15 is 0 Å². The molecule has 2 aliphatic rings. The second kappa shape index (κ2) is 8.46. The van der Waals surface area contributed by atoms with E-state index in [0.717, 1.165) is 44.2 Å². The first-order valence-electron chi connectivity index (χ1n) is 9.70. The van der Waals surface area contributed by atoms with Crippen LogP contribution < -0.4 is 4.90 Å². The number of rotatable bonds is 3. The third-order valence-electron chi connectivity index (χ3n) is 5.52. The second-order valence-corrected chi connectivity index (χ2v) is 8.42. The summed E-state index contributed by atoms with van der Waals surface area (Å²) in [4.78, 5) is 21.2. The van der Waals surface area contributed by atoms with Crippen molar-refractivity contribution in [1.29, 1.82) is 0 Å². The molecule has 0 unspecified atom stereocenters. The average molecular weight is 382 g/mol. The molecule has 5 heteroatoms. The molecule has 142 valence electrons. The molecule has 27 heavy (non-hydrogen) atoms. The van der Waals surface area contributed by atoms with Crippen molar-refractivity contribution < 1.29 is 4.79 Å². The molecule has 0 N–H and O–H groups in total. The Balaban J connectivity index is 1.52. The molecule has 1 fully saturated rings. The second-order valence-electron chi connectivity index (χ2n) is 7.40. The van der Waals surface area contributed by atoms with Gasteiger partial charge in [0.15, 0.2) is 0 Å². The number of nitrogens with zero attached hydrogens (tertiary/aromatic N) is 3. The Bertz CT molecular complexity index is 802. The van der Waals surface area contributed by atoms with Crippen LogP contribution in [0.2, 0.25) is 0 Å². The fourth-order valence-electron chi connectivity index (χ4n) is 3.75. The predicted molar refractivity (Wildman–Crippen MR) is 112 cm³/mol. The van der Waals surface area contributed by atoms with Crippen LogP contribution >= 0.6 is 11.8 Å². The maximum atomic E-state index is 13.2. The first kappa shape index (κ1) is 18.5. The van der Waals surface area contributed by atoms with Gasteiger partial charge in [-0.1, -0.05) is 36.4 Å². The number of carbonyl (C=O) groups is 1. The quantitative estimate of drug-likeness (QED) is 0.814. The highest BCUT2D eigenvalue weighted by molar-refractivity contribution is 7.98. The molecule has 0 atom stereocenters. The topological polar surface area (TPSA) is 26.8 Å². The zero-order valence-corrected chi connectivity index (χ0v) is 16.8. The normalized spacial score (nSPS) is 18.3. The Labute approximate surface area is 166 Å². The van der Waals surface area contributed by atoms with Gasteiger partial charge in [0.05, 0.1) is 12.2 Å². The number of anilines is 1. The summed E-state index contributed by atoms with van der Waals surface area (Å²) in [5.74, 6) is 1.18. The monoisotopic (exact) mass is 381 g/mol. The number of likely N-dealkylation sites (N-methyl/N-ethyl adjacent to an activating group) is 1. The van der Waals surface area contributed by atoms with E-state index in [0.29, 0.717) is 13.0 Å². The summed E-state index contributed by atoms with van der Waals surface area (Å²) in [6.07, 6.45) is 0.574. The number of fused-ring (bicyclic) bond motifs is 2. The van der Waals surface area contributed by atoms with Crippen LogP contribution in [0.5, 0.6) is 0 Å². The fourth-order valence-corrected chi connectivity index (χ4v) is 4.84. The maximum Gasteiger partial charge on any atom is 0.228 e. The molecule has 0 saturated carbocycles. The van der Waals surface area contributed by atoms with Crippen LogP contribution in [0.15, 0.2) is 53.4 Å². The number of piperazine rings is 1. The van der Waals surface area contributed by atoms with Gasteiger partial charge in [0, 0.05) is 49.8 Å². The average Bonchev–Trinajstić information content (AvgIpc) is 2.69. The first-order chi connectivity index (χ1) is 13.2. The van der Waals surface area contributed by atoms with Gasteiger partial charge in [0.25, 0.3) is 0 Å². The molecule has 2 aromatic rings. The van der Waals surface area contributed by atoms with Crippen molar-refractivity contribution >= 4 is 23.4 Å². The van der Waals surface area contributed by atoms with E-state index in [9.17, 15) is 4.79 Å². The minimum absolute atomic E-state index is 0.221. The standard InChI is InChI=1S/C22H27N3OS/c1-23-12-14-24(15-13-23)11-10-22(26)25-16-18-6-2-3-7-19(18)17-27-21-9-5-4-8-20(21)25/h2-9H,10-17H2,1H3. The van der Waals surface area contributed by atoms with Crippen LogP contribution in [0.1, 0.15) is 17.5 Å². The molecule has 1 amide bonds. The SMILES string of the molecule is CN1CCN(CCC(=O)N2Cc3ccccc3CSc3ccccc32)CC1. The number of hydrogen-bond donors (Lipinski definition) is 0. The summed E-state index contributed by atoms with van der Waals surface area (Å²) >= 11 is 1.82. The Morgan fingerprint density at radius 3 is 2.48 bits per heavy atom. The van der Waals surface area contributed by atoms with Crippen molar-refractivity contribution in [2.24, 2.45) is 0 Å². The van der Waals surface area contributed by atoms with Gasteiger partial charge < -0.3 is 14.7 Å². The van der Waals surface area contributed by atoms with Crippen molar-refractivity contribution in [2.75, 3.05) is 44.7 Å². The molecule has 0 bridgehead atoms. The predicted octanol–water partition coefficient (Wildman–Crippen LogP) is 3.46. The van der Waals surface area contributed by atoms with Crippen LogP contribution in [0, 0.1) is 0 Å². The minimum Gasteiger partial charge on any atom is -0.307 e. The Hall–Kier alpha value is -1.82. The largest absolute Gasteiger partial charge is 0.307 e. The zero-order chi connectivity index (χ0) is 18.6. The molecular formula is C22H27N3OS. The van der Waals surface area contributed by atoms with Gasteiger partial charge in [-0.25, -0.2) is 0 Å². The molecule has 1 saturated heterocycles. The number of thioether (sulfide) groups is 1. The molecule has 4 nitrogen and oxygen atoms in total. The van der Waals surface area contributed by atoms with Crippen molar-refractivity contribution in [3.63, 3.8) is 0 Å². The number of hydrogen-bond acceptors (Lipinski definition) is 4. The highest BCUT2D eigenvalue weighted by Gasteiger charge is 2.23. The molecule has 2 aliphatic heterocycles. The number of amides is 1. The number of para-hydroxylation sites is 1. The lowest BCUT2D eigenvalue weighted by molar-refractivity contribution is -0.119. The third-order valence-corrected chi connectivity index (χ3v) is 6.64. The van der Waals surface area contributed by atoms with E-state index in [1.54, 1.807) is 0 Å². The van der Waals surface area contributed by atoms with E-state index in [1.165, 1.54) is 16.0 Å². The molecular weight excluding hydrogens is 354 g/mol. The Morgan fingerprint density at radius 2 is 1.67 bits per heavy atom. The number of benzene rings is 2. The minimum atomic E-state index is 0.221. The number of carbonyl (C=O) groups excluding carboxylic acids is 1. The summed E-state index contributed by atoms with van der Waals surface area (Å²) in [5, 5.41) is 0. The van der Waals surface area contributed by atoms with E-state index in [2.05, 4.69) is 59.3 Å². The third kappa shape index (κ3) is 4.37. The van der Waals surface area contributed by atoms with Crippen molar-refractivity contribution in [1.82, 2.24) is 9.80 Å². The Morgan fingerprint density at radius 1 is 0.963 bits per heavy atom. The molecule has 0 spiro atoms. The molecule has 0 radical (unpaired) electrons. The van der Waals surface area contributed by atoms with E-state index in [4.69, 9.17) is 0 Å². The summed E-state index contributed by atoms with van der Waals surface area (Å²) in [5.41, 5.74) is 3.64. The van der Waals surface area contributed by atoms with Crippen molar-refractivity contribution in [3.8, 4) is 0 Å². The lowest BCUT2D eigenvalue weighted by atomic mass is 10.1. The fraction of sp³-hybridized carbons (Fsp3) is 0.409. The lowest BCUT2D eigenvalue weighted by Crippen LogP contribution is -2.45. The molecule has 2 heterocycles. The van der Waals surface area contributed by atoms with Crippen LogP contribution in [0.4, 0.5) is 5.69 Å². The van der Waals surface area contributed by atoms with Gasteiger partial charge in [-0.3, -0.25) is 4.79 Å². The van der Waals surface area contributed by atoms with Crippen LogP contribution in [0.25, 0.3) is 0 Å². The highest BCUT2D eigenvalue weighted by Crippen LogP contribution is 2.36. The van der Waals surface area contributed by atoms with E-state index in [-0.39, 0.29) is 5.91 Å². The van der Waals surface area contributed by atoms with Crippen molar-refractivity contribution in [2.45, 2.75) is 23.6 Å². The van der Waals surface area contributed by atoms with Gasteiger partial charge in [-0.2, -0.15) is 0 Å². The molecule has 2 aromatic carbocycles. The molecule has 0 aliphatic carbocycles. The van der Waals surface area contributed by atoms with Crippen LogP contribution in [-0.2, 0) is 17.1 Å². The van der Waals surface area contributed by atoms with Gasteiger partial charge in [0.2, 0.25) is 5.91 Å². The van der Waals surface area contributed by atoms with Gasteiger partial charge in [-0.15, -0.1) is 11.8 Å². The molecule has 0 aromatic heterocycles. The summed E-state index contributed by atoms with van der Waals surface area (Å²) in [6.45, 7) is 5.79. The highest BCUT2D eigenvalue weighted by atomic mass is 32.2. The summed E-state index contributed by atoms with van der Waals surface area (Å²) in [6, 6.07) is 16.8. The zero-order valence-electron chi connectivity index (χ0n) is 15.9. The van der Waals surface area contributed by atoms with Crippen molar-refractivity contribution in [3.05, 3.63) is 59.7 Å². The lowest BCUT2D eigenvalue weighted by Gasteiger charge is -2.33. The summed E-state index contributed by atoms with van der Waals surface area (Å²) < 4.78 is 0. The van der Waals surface area contributed by atoms with Gasteiger partial charge >= 0.3 is 0 Å². The van der Waals surface area contributed by atoms with E-state index < -0.39 is 0 Å². The smallest absolute Gasteiger partial charge is 0.228 e. The summed E-state index contributed by atoms with van der Waals surface area (Å²) in [7, 11) is 2.16.